The topological polar surface area (TPSA) is 0 Å². The maximum absolute atomic E-state index is 14.2. The van der Waals surface area contributed by atoms with Gasteiger partial charge in [-0.25, -0.2) is 0 Å². The van der Waals surface area contributed by atoms with Gasteiger partial charge in [-0.2, -0.15) is 0 Å². The van der Waals surface area contributed by atoms with E-state index in [-0.39, 0.29) is 36.1 Å². The Kier molecular flexibility index (Phi) is 11.0. The second kappa shape index (κ2) is 13.9. The Morgan fingerprint density at radius 3 is 1.73 bits per heavy atom. The number of allylic oxidation sites excluding steroid dienone is 4. The van der Waals surface area contributed by atoms with Crippen LogP contribution < -0.4 is 28.1 Å². The van der Waals surface area contributed by atoms with Crippen molar-refractivity contribution in [3.63, 3.8) is 0 Å². The van der Waals surface area contributed by atoms with Crippen LogP contribution in [0.3, 0.4) is 0 Å². The van der Waals surface area contributed by atoms with Crippen LogP contribution in [0.15, 0.2) is 111 Å². The zero-order valence-corrected chi connectivity index (χ0v) is 31.0. The Balaban J connectivity index is 0.00000260. The molecule has 0 aliphatic heterocycles. The van der Waals surface area contributed by atoms with Crippen LogP contribution in [-0.4, -0.2) is 3.21 Å². The van der Waals surface area contributed by atoms with Gasteiger partial charge < -0.3 is 24.8 Å². The monoisotopic (exact) mass is 776 g/mol. The van der Waals surface area contributed by atoms with E-state index in [0.717, 1.165) is 49.8 Å². The number of benzene rings is 4. The van der Waals surface area contributed by atoms with Crippen LogP contribution in [-0.2, 0) is 40.0 Å². The minimum absolute atomic E-state index is 0. The molecule has 0 amide bonds. The van der Waals surface area contributed by atoms with E-state index in [0.29, 0.717) is 20.8 Å². The van der Waals surface area contributed by atoms with Gasteiger partial charge in [0.2, 0.25) is 0 Å². The van der Waals surface area contributed by atoms with E-state index in [2.05, 4.69) is 65.0 Å². The smallest absolute Gasteiger partial charge is 1.00 e. The third-order valence-corrected chi connectivity index (χ3v) is 17.6. The van der Waals surface area contributed by atoms with Crippen molar-refractivity contribution in [2.24, 2.45) is 11.3 Å². The maximum Gasteiger partial charge on any atom is -1.00 e. The second-order valence-corrected chi connectivity index (χ2v) is 19.0. The van der Waals surface area contributed by atoms with E-state index in [1.54, 1.807) is 12.1 Å². The first kappa shape index (κ1) is 38.1. The molecule has 1 unspecified atom stereocenters. The molecule has 2 aliphatic carbocycles. The third-order valence-electron chi connectivity index (χ3n) is 9.08. The van der Waals surface area contributed by atoms with Crippen LogP contribution in [0.1, 0.15) is 68.0 Å². The fourth-order valence-corrected chi connectivity index (χ4v) is 15.9. The van der Waals surface area contributed by atoms with Crippen molar-refractivity contribution in [1.29, 1.82) is 0 Å². The van der Waals surface area contributed by atoms with E-state index < -0.39 is 44.7 Å². The number of alkyl halides is 6. The van der Waals surface area contributed by atoms with Gasteiger partial charge >= 0.3 is 275 Å². The van der Waals surface area contributed by atoms with Gasteiger partial charge in [-0.3, -0.25) is 0 Å². The zero-order chi connectivity index (χ0) is 33.2. The molecule has 0 fully saturated rings. The third kappa shape index (κ3) is 7.11. The van der Waals surface area contributed by atoms with Gasteiger partial charge in [0, 0.05) is 0 Å². The fraction of sp³-hybridized carbons (Fsp3) is 0.256. The molecule has 0 saturated heterocycles. The Morgan fingerprint density at radius 1 is 0.688 bits per heavy atom. The normalized spacial score (nSPS) is 15.5. The number of halogens is 8. The number of hydrogen-bond acceptors (Lipinski definition) is 0. The molecule has 48 heavy (non-hydrogen) atoms. The van der Waals surface area contributed by atoms with Crippen molar-refractivity contribution >= 4 is 6.48 Å². The molecule has 0 nitrogen and oxygen atoms in total. The fourth-order valence-electron chi connectivity index (χ4n) is 7.14. The number of rotatable bonds is 4. The SMILES string of the molecule is CC1=[C]([Zr+2](=[C](c2cccc(C(F)(F)F)c2)c2cccc(C(F)(F)F)c2)[c]2cccc3c2Cc2ccccc2-3)C(C)C=C1C(C)(C)C.[Cl-].[Cl-]. The first-order valence-corrected chi connectivity index (χ1v) is 19.0. The van der Waals surface area contributed by atoms with Crippen LogP contribution in [0.4, 0.5) is 26.3 Å². The quantitative estimate of drug-likeness (QED) is 0.232. The van der Waals surface area contributed by atoms with Gasteiger partial charge in [0.05, 0.1) is 0 Å². The predicted octanol–water partition coefficient (Wildman–Crippen LogP) is 4.71. The van der Waals surface area contributed by atoms with Crippen molar-refractivity contribution in [2.45, 2.75) is 53.4 Å². The minimum atomic E-state index is -4.61. The van der Waals surface area contributed by atoms with Crippen molar-refractivity contribution < 1.29 is 72.4 Å². The van der Waals surface area contributed by atoms with Gasteiger partial charge in [-0.15, -0.1) is 0 Å². The molecule has 0 radical (unpaired) electrons. The first-order valence-electron chi connectivity index (χ1n) is 15.3. The maximum atomic E-state index is 14.2. The largest absolute Gasteiger partial charge is 1.00 e. The molecule has 1 atom stereocenters. The van der Waals surface area contributed by atoms with E-state index in [9.17, 15) is 26.3 Å². The van der Waals surface area contributed by atoms with E-state index in [1.165, 1.54) is 26.6 Å². The molecular weight excluding hydrogens is 745 g/mol. The summed E-state index contributed by atoms with van der Waals surface area (Å²) in [5.41, 5.74) is 5.64. The van der Waals surface area contributed by atoms with E-state index in [1.807, 2.05) is 18.2 Å². The molecule has 0 bridgehead atoms. The van der Waals surface area contributed by atoms with Crippen LogP contribution in [0.25, 0.3) is 11.1 Å². The Hall–Kier alpha value is -2.73. The van der Waals surface area contributed by atoms with Gasteiger partial charge in [-0.05, 0) is 0 Å². The molecule has 0 spiro atoms. The standard InChI is InChI=1S/C15H8F6.C13H9.C11H17.2ClH.Zr/c16-14(17,18)12-5-1-3-10(8-12)7-11-4-2-6-13(9-11)15(19,20)21;1-3-7-12-10(5-1)9-11-6-2-4-8-13(11)12;1-8-6-9(2)10(7-8)11(3,4)5;;;/h1-6,8-9H;1-5,7-8H,9H2;7-8H,1-5H3;2*1H;/q;;;;;+2/p-2. The van der Waals surface area contributed by atoms with Gasteiger partial charge in [-0.1, -0.05) is 0 Å². The van der Waals surface area contributed by atoms with Crippen molar-refractivity contribution in [3.8, 4) is 11.1 Å². The molecule has 0 heterocycles. The van der Waals surface area contributed by atoms with Crippen molar-refractivity contribution in [1.82, 2.24) is 0 Å². The Morgan fingerprint density at radius 2 is 1.21 bits per heavy atom. The van der Waals surface area contributed by atoms with E-state index in [4.69, 9.17) is 0 Å². The summed E-state index contributed by atoms with van der Waals surface area (Å²) in [4.78, 5) is 0. The van der Waals surface area contributed by atoms with Crippen LogP contribution in [0.2, 0.25) is 0 Å². The molecule has 6 rings (SSSR count). The number of fused-ring (bicyclic) bond motifs is 3. The van der Waals surface area contributed by atoms with Gasteiger partial charge in [0.15, 0.2) is 0 Å². The predicted molar refractivity (Wildman–Crippen MR) is 170 cm³/mol. The van der Waals surface area contributed by atoms with Crippen molar-refractivity contribution in [2.75, 3.05) is 0 Å². The summed E-state index contributed by atoms with van der Waals surface area (Å²) in [6.45, 7) is 10.6. The average Bonchev–Trinajstić information content (AvgIpc) is 3.52. The summed E-state index contributed by atoms with van der Waals surface area (Å²) in [5, 5.41) is 0. The molecule has 4 aromatic carbocycles. The Bertz CT molecular complexity index is 1900. The van der Waals surface area contributed by atoms with Gasteiger partial charge in [0.1, 0.15) is 0 Å². The Labute approximate surface area is 298 Å². The molecular formula is C39H34Cl2F6Zr. The first-order chi connectivity index (χ1) is 21.6. The van der Waals surface area contributed by atoms with E-state index >= 15 is 0 Å². The average molecular weight is 779 g/mol. The molecule has 0 saturated carbocycles. The molecule has 250 valence electrons. The summed E-state index contributed by atoms with van der Waals surface area (Å²) in [5.74, 6) is -0.0187. The molecule has 0 aromatic heterocycles. The van der Waals surface area contributed by atoms with Crippen LogP contribution in [0, 0.1) is 11.3 Å². The van der Waals surface area contributed by atoms with Crippen LogP contribution >= 0.6 is 0 Å². The summed E-state index contributed by atoms with van der Waals surface area (Å²) >= 11 is -3.64. The summed E-state index contributed by atoms with van der Waals surface area (Å²) in [6, 6.07) is 24.6. The molecule has 4 aromatic rings. The molecule has 0 N–H and O–H groups in total. The van der Waals surface area contributed by atoms with Crippen LogP contribution in [0.5, 0.6) is 0 Å². The number of hydrogen-bond donors (Lipinski definition) is 0. The summed E-state index contributed by atoms with van der Waals surface area (Å²) < 4.78 is 87.8. The molecule has 2 aliphatic rings. The second-order valence-electron chi connectivity index (χ2n) is 13.2. The van der Waals surface area contributed by atoms with Gasteiger partial charge in [0.25, 0.3) is 0 Å². The van der Waals surface area contributed by atoms with Crippen molar-refractivity contribution in [3.05, 3.63) is 145 Å². The minimum Gasteiger partial charge on any atom is -1.00 e. The molecule has 9 heteroatoms. The zero-order valence-electron chi connectivity index (χ0n) is 27.0. The summed E-state index contributed by atoms with van der Waals surface area (Å²) in [6.07, 6.45) is -6.29. The summed E-state index contributed by atoms with van der Waals surface area (Å²) in [7, 11) is 0.